The number of hydrogen-bond donors (Lipinski definition) is 1. The zero-order valence-electron chi connectivity index (χ0n) is 12.6. The van der Waals surface area contributed by atoms with Crippen LogP contribution in [-0.4, -0.2) is 16.0 Å². The van der Waals surface area contributed by atoms with Gasteiger partial charge in [0.05, 0.1) is 0 Å². The first kappa shape index (κ1) is 14.9. The van der Waals surface area contributed by atoms with Crippen molar-refractivity contribution in [2.24, 2.45) is 5.92 Å². The highest BCUT2D eigenvalue weighted by molar-refractivity contribution is 5.37. The molecule has 3 heteroatoms. The Morgan fingerprint density at radius 3 is 2.28 bits per heavy atom. The molecule has 0 fully saturated rings. The molecule has 0 aliphatic carbocycles. The summed E-state index contributed by atoms with van der Waals surface area (Å²) in [4.78, 5) is 9.04. The van der Waals surface area contributed by atoms with E-state index in [9.17, 15) is 0 Å². The molecule has 3 nitrogen and oxygen atoms in total. The van der Waals surface area contributed by atoms with Crippen LogP contribution in [0.15, 0.2) is 6.07 Å². The van der Waals surface area contributed by atoms with Crippen LogP contribution in [0.2, 0.25) is 0 Å². The Morgan fingerprint density at radius 2 is 1.72 bits per heavy atom. The molecule has 1 aromatic rings. The molecule has 0 aromatic carbocycles. The van der Waals surface area contributed by atoms with Crippen LogP contribution in [0.3, 0.4) is 0 Å². The van der Waals surface area contributed by atoms with E-state index < -0.39 is 0 Å². The van der Waals surface area contributed by atoms with Gasteiger partial charge in [-0.1, -0.05) is 27.7 Å². The molecule has 1 N–H and O–H groups in total. The van der Waals surface area contributed by atoms with Gasteiger partial charge in [0.1, 0.15) is 11.6 Å². The molecule has 0 spiro atoms. The van der Waals surface area contributed by atoms with Gasteiger partial charge in [0.25, 0.3) is 0 Å². The van der Waals surface area contributed by atoms with Crippen LogP contribution < -0.4 is 5.32 Å². The van der Waals surface area contributed by atoms with Crippen molar-refractivity contribution in [2.75, 3.05) is 5.32 Å². The zero-order valence-corrected chi connectivity index (χ0v) is 12.6. The first-order valence-electron chi connectivity index (χ1n) is 7.00. The van der Waals surface area contributed by atoms with E-state index in [4.69, 9.17) is 0 Å². The lowest BCUT2D eigenvalue weighted by molar-refractivity contribution is 0.527. The van der Waals surface area contributed by atoms with E-state index in [0.29, 0.717) is 12.0 Å². The zero-order chi connectivity index (χ0) is 13.7. The van der Waals surface area contributed by atoms with Gasteiger partial charge in [0.2, 0.25) is 0 Å². The fourth-order valence-corrected chi connectivity index (χ4v) is 1.83. The predicted octanol–water partition coefficient (Wildman–Crippen LogP) is 4.15. The normalized spacial score (nSPS) is 13.1. The minimum Gasteiger partial charge on any atom is -0.368 e. The van der Waals surface area contributed by atoms with Crippen molar-refractivity contribution in [1.29, 1.82) is 0 Å². The third-order valence-electron chi connectivity index (χ3n) is 2.96. The average molecular weight is 249 g/mol. The summed E-state index contributed by atoms with van der Waals surface area (Å²) in [7, 11) is 0. The van der Waals surface area contributed by atoms with Gasteiger partial charge < -0.3 is 5.32 Å². The Labute approximate surface area is 111 Å². The highest BCUT2D eigenvalue weighted by atomic mass is 15.0. The molecule has 1 unspecified atom stereocenters. The second-order valence-corrected chi connectivity index (χ2v) is 5.92. The minimum atomic E-state index is 0.372. The SMILES string of the molecule is Cc1cc(NC(C)CCC(C)C)nc(C(C)C)n1. The average Bonchev–Trinajstić information content (AvgIpc) is 2.25. The van der Waals surface area contributed by atoms with Gasteiger partial charge in [-0.25, -0.2) is 9.97 Å². The first-order chi connectivity index (χ1) is 8.38. The summed E-state index contributed by atoms with van der Waals surface area (Å²) >= 11 is 0. The maximum Gasteiger partial charge on any atom is 0.133 e. The largest absolute Gasteiger partial charge is 0.368 e. The van der Waals surface area contributed by atoms with E-state index in [1.165, 1.54) is 12.8 Å². The van der Waals surface area contributed by atoms with E-state index in [-0.39, 0.29) is 0 Å². The third-order valence-corrected chi connectivity index (χ3v) is 2.96. The molecule has 0 aliphatic heterocycles. The summed E-state index contributed by atoms with van der Waals surface area (Å²) in [6, 6.07) is 2.49. The number of anilines is 1. The van der Waals surface area contributed by atoms with E-state index in [1.807, 2.05) is 13.0 Å². The fraction of sp³-hybridized carbons (Fsp3) is 0.733. The fourth-order valence-electron chi connectivity index (χ4n) is 1.83. The highest BCUT2D eigenvalue weighted by Crippen LogP contribution is 2.16. The van der Waals surface area contributed by atoms with Gasteiger partial charge >= 0.3 is 0 Å². The monoisotopic (exact) mass is 249 g/mol. The topological polar surface area (TPSA) is 37.8 Å². The van der Waals surface area contributed by atoms with Crippen LogP contribution in [-0.2, 0) is 0 Å². The molecule has 0 saturated heterocycles. The molecular weight excluding hydrogens is 222 g/mol. The Kier molecular flexibility index (Phi) is 5.57. The summed E-state index contributed by atoms with van der Waals surface area (Å²) in [5.41, 5.74) is 1.03. The summed E-state index contributed by atoms with van der Waals surface area (Å²) in [6.07, 6.45) is 2.42. The molecule has 1 aromatic heterocycles. The van der Waals surface area contributed by atoms with Gasteiger partial charge in [-0.3, -0.25) is 0 Å². The van der Waals surface area contributed by atoms with E-state index >= 15 is 0 Å². The Hall–Kier alpha value is -1.12. The van der Waals surface area contributed by atoms with Crippen LogP contribution in [0.4, 0.5) is 5.82 Å². The van der Waals surface area contributed by atoms with Crippen molar-refractivity contribution in [3.05, 3.63) is 17.6 Å². The van der Waals surface area contributed by atoms with Gasteiger partial charge in [0, 0.05) is 23.7 Å². The van der Waals surface area contributed by atoms with E-state index in [0.717, 1.165) is 23.3 Å². The molecule has 102 valence electrons. The molecule has 0 amide bonds. The molecule has 1 heterocycles. The second kappa shape index (κ2) is 6.72. The standard InChI is InChI=1S/C15H27N3/c1-10(2)7-8-12(5)16-14-9-13(6)17-15(18-14)11(3)4/h9-12H,7-8H2,1-6H3,(H,16,17,18). The molecule has 0 radical (unpaired) electrons. The number of nitrogens with one attached hydrogen (secondary N) is 1. The Bertz CT molecular complexity index is 372. The maximum absolute atomic E-state index is 4.58. The maximum atomic E-state index is 4.58. The van der Waals surface area contributed by atoms with Gasteiger partial charge in [-0.05, 0) is 32.6 Å². The number of aromatic nitrogens is 2. The van der Waals surface area contributed by atoms with Crippen LogP contribution >= 0.6 is 0 Å². The van der Waals surface area contributed by atoms with Gasteiger partial charge in [-0.15, -0.1) is 0 Å². The van der Waals surface area contributed by atoms with E-state index in [2.05, 4.69) is 49.9 Å². The van der Waals surface area contributed by atoms with Crippen molar-refractivity contribution >= 4 is 5.82 Å². The lowest BCUT2D eigenvalue weighted by Crippen LogP contribution is -2.17. The molecule has 0 bridgehead atoms. The van der Waals surface area contributed by atoms with Crippen molar-refractivity contribution in [3.8, 4) is 0 Å². The number of aryl methyl sites for hydroxylation is 1. The number of rotatable bonds is 6. The quantitative estimate of drug-likeness (QED) is 0.823. The van der Waals surface area contributed by atoms with E-state index in [1.54, 1.807) is 0 Å². The smallest absolute Gasteiger partial charge is 0.133 e. The van der Waals surface area contributed by atoms with Crippen LogP contribution in [0.5, 0.6) is 0 Å². The number of nitrogens with zero attached hydrogens (tertiary/aromatic N) is 2. The Balaban J connectivity index is 2.66. The van der Waals surface area contributed by atoms with Gasteiger partial charge in [0.15, 0.2) is 0 Å². The van der Waals surface area contributed by atoms with Crippen LogP contribution in [0.25, 0.3) is 0 Å². The lowest BCUT2D eigenvalue weighted by atomic mass is 10.0. The molecule has 0 aliphatic rings. The third kappa shape index (κ3) is 5.03. The Morgan fingerprint density at radius 1 is 1.06 bits per heavy atom. The van der Waals surface area contributed by atoms with Crippen LogP contribution in [0.1, 0.15) is 64.9 Å². The summed E-state index contributed by atoms with van der Waals surface area (Å²) in [5, 5.41) is 3.48. The van der Waals surface area contributed by atoms with Gasteiger partial charge in [-0.2, -0.15) is 0 Å². The highest BCUT2D eigenvalue weighted by Gasteiger charge is 2.09. The van der Waals surface area contributed by atoms with Crippen LogP contribution in [0, 0.1) is 12.8 Å². The summed E-state index contributed by atoms with van der Waals surface area (Å²) in [5.74, 6) is 3.01. The first-order valence-corrected chi connectivity index (χ1v) is 7.00. The van der Waals surface area contributed by atoms with Crippen molar-refractivity contribution in [1.82, 2.24) is 9.97 Å². The predicted molar refractivity (Wildman–Crippen MR) is 78.0 cm³/mol. The lowest BCUT2D eigenvalue weighted by Gasteiger charge is -2.17. The molecular formula is C15H27N3. The second-order valence-electron chi connectivity index (χ2n) is 5.92. The van der Waals surface area contributed by atoms with Crippen molar-refractivity contribution in [3.63, 3.8) is 0 Å². The molecule has 0 saturated carbocycles. The summed E-state index contributed by atoms with van der Waals surface area (Å²) < 4.78 is 0. The minimum absolute atomic E-state index is 0.372. The molecule has 1 rings (SSSR count). The molecule has 1 atom stereocenters. The number of hydrogen-bond acceptors (Lipinski definition) is 3. The molecule has 18 heavy (non-hydrogen) atoms. The van der Waals surface area contributed by atoms with Crippen molar-refractivity contribution < 1.29 is 0 Å². The summed E-state index contributed by atoms with van der Waals surface area (Å²) in [6.45, 7) is 13.0. The van der Waals surface area contributed by atoms with Crippen molar-refractivity contribution in [2.45, 2.75) is 66.3 Å².